The van der Waals surface area contributed by atoms with Gasteiger partial charge in [-0.3, -0.25) is 15.0 Å². The zero-order valence-corrected chi connectivity index (χ0v) is 8.35. The number of likely N-dealkylation sites (N-methyl/N-ethyl adjacent to an activating group) is 1. The SMILES string of the molecule is CN(C)C(O)C(Br)(CO)[N+](=O)[O-]. The predicted molar refractivity (Wildman–Crippen MR) is 45.4 cm³/mol. The normalized spacial score (nSPS) is 18.8. The lowest BCUT2D eigenvalue weighted by Gasteiger charge is -2.26. The van der Waals surface area contributed by atoms with Crippen molar-refractivity contribution in [1.82, 2.24) is 4.90 Å². The molecule has 2 unspecified atom stereocenters. The number of hydrogen-bond acceptors (Lipinski definition) is 5. The number of rotatable bonds is 4. The molecule has 72 valence electrons. The minimum Gasteiger partial charge on any atom is -0.388 e. The van der Waals surface area contributed by atoms with E-state index in [4.69, 9.17) is 5.11 Å². The van der Waals surface area contributed by atoms with Crippen LogP contribution >= 0.6 is 15.9 Å². The molecule has 0 aliphatic heterocycles. The highest BCUT2D eigenvalue weighted by Crippen LogP contribution is 2.23. The Morgan fingerprint density at radius 3 is 2.25 bits per heavy atom. The van der Waals surface area contributed by atoms with Crippen LogP contribution in [0.2, 0.25) is 0 Å². The summed E-state index contributed by atoms with van der Waals surface area (Å²) in [5.74, 6) is 0. The summed E-state index contributed by atoms with van der Waals surface area (Å²) in [6.07, 6.45) is -1.38. The largest absolute Gasteiger partial charge is 0.388 e. The van der Waals surface area contributed by atoms with Crippen molar-refractivity contribution in [2.24, 2.45) is 0 Å². The molecule has 2 atom stereocenters. The molecule has 0 rings (SSSR count). The van der Waals surface area contributed by atoms with Crippen molar-refractivity contribution in [3.8, 4) is 0 Å². The molecule has 0 saturated heterocycles. The lowest BCUT2D eigenvalue weighted by atomic mass is 10.3. The maximum absolute atomic E-state index is 10.4. The summed E-state index contributed by atoms with van der Waals surface area (Å²) in [5, 5.41) is 28.4. The van der Waals surface area contributed by atoms with Crippen LogP contribution in [0.15, 0.2) is 0 Å². The number of hydrogen-bond donors (Lipinski definition) is 2. The van der Waals surface area contributed by atoms with Crippen molar-refractivity contribution in [3.63, 3.8) is 0 Å². The molecule has 12 heavy (non-hydrogen) atoms. The van der Waals surface area contributed by atoms with E-state index in [9.17, 15) is 15.2 Å². The van der Waals surface area contributed by atoms with Crippen LogP contribution < -0.4 is 0 Å². The predicted octanol–water partition coefficient (Wildman–Crippen LogP) is -0.773. The highest BCUT2D eigenvalue weighted by atomic mass is 79.9. The average molecular weight is 243 g/mol. The van der Waals surface area contributed by atoms with Gasteiger partial charge in [0.2, 0.25) is 0 Å². The molecule has 7 heteroatoms. The molecule has 0 heterocycles. The van der Waals surface area contributed by atoms with E-state index in [0.717, 1.165) is 0 Å². The first-order valence-corrected chi connectivity index (χ1v) is 3.94. The second-order valence-corrected chi connectivity index (χ2v) is 3.94. The molecule has 0 aromatic heterocycles. The maximum atomic E-state index is 10.4. The summed E-state index contributed by atoms with van der Waals surface area (Å²) in [6, 6.07) is 0. The zero-order valence-electron chi connectivity index (χ0n) is 6.77. The Labute approximate surface area is 78.1 Å². The van der Waals surface area contributed by atoms with Crippen molar-refractivity contribution in [2.45, 2.75) is 10.7 Å². The Bertz CT molecular complexity index is 177. The highest BCUT2D eigenvalue weighted by molar-refractivity contribution is 9.10. The number of alkyl halides is 1. The molecule has 6 nitrogen and oxygen atoms in total. The van der Waals surface area contributed by atoms with Crippen LogP contribution in [0.3, 0.4) is 0 Å². The Hall–Kier alpha value is -0.240. The fourth-order valence-electron chi connectivity index (χ4n) is 0.629. The minimum absolute atomic E-state index is 0.766. The number of aliphatic hydroxyl groups excluding tert-OH is 2. The summed E-state index contributed by atoms with van der Waals surface area (Å²) in [4.78, 5) is 10.9. The quantitative estimate of drug-likeness (QED) is 0.222. The highest BCUT2D eigenvalue weighted by Gasteiger charge is 2.48. The second-order valence-electron chi connectivity index (χ2n) is 2.57. The van der Waals surface area contributed by atoms with Gasteiger partial charge in [0.05, 0.1) is 0 Å². The van der Waals surface area contributed by atoms with Crippen molar-refractivity contribution >= 4 is 15.9 Å². The van der Waals surface area contributed by atoms with E-state index in [1.54, 1.807) is 0 Å². The molecule has 0 radical (unpaired) electrons. The lowest BCUT2D eigenvalue weighted by Crippen LogP contribution is -2.53. The lowest BCUT2D eigenvalue weighted by molar-refractivity contribution is -0.556. The fourth-order valence-corrected chi connectivity index (χ4v) is 1.04. The molecule has 0 aliphatic rings. The fraction of sp³-hybridized carbons (Fsp3) is 1.00. The Morgan fingerprint density at radius 2 is 2.17 bits per heavy atom. The molecule has 0 aromatic rings. The molecular formula is C5H11BrN2O4. The van der Waals surface area contributed by atoms with Gasteiger partial charge in [-0.1, -0.05) is 0 Å². The number of halogens is 1. The first kappa shape index (κ1) is 11.8. The van der Waals surface area contributed by atoms with Gasteiger partial charge >= 0.3 is 4.45 Å². The topological polar surface area (TPSA) is 86.8 Å². The van der Waals surface area contributed by atoms with Gasteiger partial charge in [0, 0.05) is 20.9 Å². The summed E-state index contributed by atoms with van der Waals surface area (Å²) in [5.41, 5.74) is 0. The third-order valence-corrected chi connectivity index (χ3v) is 2.36. The van der Waals surface area contributed by atoms with Gasteiger partial charge < -0.3 is 10.2 Å². The van der Waals surface area contributed by atoms with Crippen LogP contribution in [0.5, 0.6) is 0 Å². The van der Waals surface area contributed by atoms with E-state index in [1.807, 2.05) is 0 Å². The smallest absolute Gasteiger partial charge is 0.335 e. The van der Waals surface area contributed by atoms with Crippen LogP contribution in [0, 0.1) is 10.1 Å². The minimum atomic E-state index is -1.91. The van der Waals surface area contributed by atoms with Crippen LogP contribution in [0.4, 0.5) is 0 Å². The van der Waals surface area contributed by atoms with Gasteiger partial charge in [-0.15, -0.1) is 0 Å². The maximum Gasteiger partial charge on any atom is 0.335 e. The first-order valence-electron chi connectivity index (χ1n) is 3.15. The van der Waals surface area contributed by atoms with E-state index >= 15 is 0 Å². The van der Waals surface area contributed by atoms with Crippen LogP contribution in [-0.2, 0) is 0 Å². The Balaban J connectivity index is 4.63. The number of aliphatic hydroxyl groups is 2. The number of nitro groups is 1. The Kier molecular flexibility index (Phi) is 4.04. The molecule has 0 amide bonds. The van der Waals surface area contributed by atoms with E-state index in [-0.39, 0.29) is 0 Å². The van der Waals surface area contributed by atoms with Gasteiger partial charge in [-0.05, 0) is 14.1 Å². The third-order valence-electron chi connectivity index (χ3n) is 1.41. The number of nitrogens with zero attached hydrogens (tertiary/aromatic N) is 2. The van der Waals surface area contributed by atoms with Crippen molar-refractivity contribution in [1.29, 1.82) is 0 Å². The van der Waals surface area contributed by atoms with Crippen molar-refractivity contribution < 1.29 is 15.1 Å². The standard InChI is InChI=1S/C5H11BrN2O4/c1-7(2)4(10)5(6,3-9)8(11)12/h4,9-10H,3H2,1-2H3. The monoisotopic (exact) mass is 242 g/mol. The molecule has 0 fully saturated rings. The van der Waals surface area contributed by atoms with Gasteiger partial charge in [-0.2, -0.15) is 0 Å². The van der Waals surface area contributed by atoms with Crippen molar-refractivity contribution in [2.75, 3.05) is 20.7 Å². The zero-order chi connectivity index (χ0) is 9.94. The summed E-state index contributed by atoms with van der Waals surface area (Å²) in [7, 11) is 2.94. The van der Waals surface area contributed by atoms with E-state index in [2.05, 4.69) is 15.9 Å². The van der Waals surface area contributed by atoms with Crippen LogP contribution in [0.1, 0.15) is 0 Å². The first-order chi connectivity index (χ1) is 5.36. The molecule has 0 spiro atoms. The second kappa shape index (κ2) is 4.13. The molecule has 0 saturated carbocycles. The van der Waals surface area contributed by atoms with E-state index in [1.165, 1.54) is 19.0 Å². The van der Waals surface area contributed by atoms with Gasteiger partial charge in [0.15, 0.2) is 6.23 Å². The van der Waals surface area contributed by atoms with Crippen LogP contribution in [0.25, 0.3) is 0 Å². The third kappa shape index (κ3) is 2.13. The van der Waals surface area contributed by atoms with E-state index < -0.39 is 22.2 Å². The van der Waals surface area contributed by atoms with Crippen molar-refractivity contribution in [3.05, 3.63) is 10.1 Å². The summed E-state index contributed by atoms with van der Waals surface area (Å²) in [6.45, 7) is -0.778. The molecule has 2 N–H and O–H groups in total. The summed E-state index contributed by atoms with van der Waals surface area (Å²) < 4.78 is -1.91. The van der Waals surface area contributed by atoms with Crippen LogP contribution in [-0.4, -0.2) is 51.4 Å². The molecular weight excluding hydrogens is 232 g/mol. The molecule has 0 aromatic carbocycles. The average Bonchev–Trinajstić information content (AvgIpc) is 2.01. The van der Waals surface area contributed by atoms with Gasteiger partial charge in [0.1, 0.15) is 6.61 Å². The Morgan fingerprint density at radius 1 is 1.75 bits per heavy atom. The molecule has 0 bridgehead atoms. The molecule has 0 aliphatic carbocycles. The van der Waals surface area contributed by atoms with Gasteiger partial charge in [-0.25, -0.2) is 0 Å². The van der Waals surface area contributed by atoms with E-state index in [0.29, 0.717) is 0 Å². The van der Waals surface area contributed by atoms with Gasteiger partial charge in [0.25, 0.3) is 0 Å². The summed E-state index contributed by atoms with van der Waals surface area (Å²) >= 11 is 2.67.